The van der Waals surface area contributed by atoms with E-state index in [0.717, 1.165) is 24.0 Å². The molecule has 0 spiro atoms. The van der Waals surface area contributed by atoms with Crippen LogP contribution in [0.2, 0.25) is 0 Å². The van der Waals surface area contributed by atoms with Gasteiger partial charge in [0.25, 0.3) is 0 Å². The van der Waals surface area contributed by atoms with Crippen molar-refractivity contribution < 1.29 is 33.7 Å². The Morgan fingerprint density at radius 1 is 0.905 bits per heavy atom. The number of carboxylic acids is 1. The number of fused-ring (bicyclic) bond motifs is 1. The predicted octanol–water partition coefficient (Wildman–Crippen LogP) is 5.63. The van der Waals surface area contributed by atoms with Crippen molar-refractivity contribution >= 4 is 18.1 Å². The number of benzene rings is 3. The first-order valence-corrected chi connectivity index (χ1v) is 14.1. The van der Waals surface area contributed by atoms with Crippen molar-refractivity contribution in [3.63, 3.8) is 0 Å². The van der Waals surface area contributed by atoms with E-state index in [9.17, 15) is 19.5 Å². The highest BCUT2D eigenvalue weighted by Gasteiger charge is 2.24. The average Bonchev–Trinajstić information content (AvgIpc) is 3.47. The van der Waals surface area contributed by atoms with E-state index in [0.29, 0.717) is 36.6 Å². The minimum atomic E-state index is -1.06. The van der Waals surface area contributed by atoms with E-state index < -0.39 is 30.2 Å². The number of carbonyl (C=O) groups excluding carboxylic acids is 2. The number of nitrogens with one attached hydrogen (secondary N) is 2. The van der Waals surface area contributed by atoms with Crippen molar-refractivity contribution in [2.45, 2.75) is 57.8 Å². The van der Waals surface area contributed by atoms with Crippen LogP contribution in [0.3, 0.4) is 0 Å². The molecule has 1 aliphatic rings. The standard InChI is InChI=1S/C32H37N3O7/c1-2-3-14-26(33-31(38)34-27(18-30(36)37)25-15-16-28-29(17-25)42-22-41-28)21-40-32(39)35(19-23-10-6-4-7-11-23)20-24-12-8-5-9-13-24/h4-13,15-17,26-27H,2-3,14,18-22H2,1H3,(H,36,37)(H2,33,34,38)/t26-,27-/m0/s1. The van der Waals surface area contributed by atoms with Crippen LogP contribution in [-0.4, -0.2) is 47.5 Å². The maximum Gasteiger partial charge on any atom is 0.410 e. The molecule has 10 heteroatoms. The van der Waals surface area contributed by atoms with E-state index in [-0.39, 0.29) is 19.8 Å². The average molecular weight is 576 g/mol. The van der Waals surface area contributed by atoms with Gasteiger partial charge in [-0.2, -0.15) is 0 Å². The molecular weight excluding hydrogens is 538 g/mol. The lowest BCUT2D eigenvalue weighted by atomic mass is 10.0. The largest absolute Gasteiger partial charge is 0.481 e. The number of urea groups is 1. The predicted molar refractivity (Wildman–Crippen MR) is 156 cm³/mol. The second-order valence-electron chi connectivity index (χ2n) is 10.1. The third-order valence-corrected chi connectivity index (χ3v) is 6.82. The maximum atomic E-state index is 13.3. The number of hydrogen-bond donors (Lipinski definition) is 3. The van der Waals surface area contributed by atoms with Gasteiger partial charge in [-0.05, 0) is 35.2 Å². The van der Waals surface area contributed by atoms with Crippen molar-refractivity contribution in [1.29, 1.82) is 0 Å². The van der Waals surface area contributed by atoms with Gasteiger partial charge in [0.05, 0.1) is 18.5 Å². The van der Waals surface area contributed by atoms with Gasteiger partial charge < -0.3 is 30.0 Å². The van der Waals surface area contributed by atoms with E-state index in [1.54, 1.807) is 23.1 Å². The summed E-state index contributed by atoms with van der Waals surface area (Å²) in [5, 5.41) is 15.1. The lowest BCUT2D eigenvalue weighted by molar-refractivity contribution is -0.137. The van der Waals surface area contributed by atoms with Crippen LogP contribution < -0.4 is 20.1 Å². The third-order valence-electron chi connectivity index (χ3n) is 6.82. The summed E-state index contributed by atoms with van der Waals surface area (Å²) in [5.74, 6) is -0.00737. The summed E-state index contributed by atoms with van der Waals surface area (Å²) in [5.41, 5.74) is 2.52. The van der Waals surface area contributed by atoms with E-state index in [1.165, 1.54) is 0 Å². The van der Waals surface area contributed by atoms with Crippen LogP contribution in [-0.2, 0) is 22.6 Å². The van der Waals surface area contributed by atoms with Crippen molar-refractivity contribution in [3.05, 3.63) is 95.6 Å². The Bertz CT molecular complexity index is 1280. The summed E-state index contributed by atoms with van der Waals surface area (Å²) in [4.78, 5) is 39.5. The molecule has 222 valence electrons. The van der Waals surface area contributed by atoms with Gasteiger partial charge >= 0.3 is 18.1 Å². The summed E-state index contributed by atoms with van der Waals surface area (Å²) in [6.45, 7) is 2.83. The van der Waals surface area contributed by atoms with E-state index in [1.807, 2.05) is 67.6 Å². The molecule has 42 heavy (non-hydrogen) atoms. The fourth-order valence-electron chi connectivity index (χ4n) is 4.65. The van der Waals surface area contributed by atoms with Crippen LogP contribution in [0.25, 0.3) is 0 Å². The van der Waals surface area contributed by atoms with Crippen LogP contribution in [0, 0.1) is 0 Å². The zero-order valence-corrected chi connectivity index (χ0v) is 23.7. The summed E-state index contributed by atoms with van der Waals surface area (Å²) in [7, 11) is 0. The smallest absolute Gasteiger partial charge is 0.410 e. The monoisotopic (exact) mass is 575 g/mol. The van der Waals surface area contributed by atoms with Crippen LogP contribution in [0.1, 0.15) is 55.3 Å². The summed E-state index contributed by atoms with van der Waals surface area (Å²) >= 11 is 0. The Balaban J connectivity index is 1.40. The fourth-order valence-corrected chi connectivity index (χ4v) is 4.65. The Kier molecular flexibility index (Phi) is 11.0. The highest BCUT2D eigenvalue weighted by Crippen LogP contribution is 2.34. The first-order chi connectivity index (χ1) is 20.4. The van der Waals surface area contributed by atoms with Gasteiger partial charge in [-0.3, -0.25) is 9.69 Å². The summed E-state index contributed by atoms with van der Waals surface area (Å²) < 4.78 is 16.5. The van der Waals surface area contributed by atoms with Gasteiger partial charge in [0, 0.05) is 13.1 Å². The summed E-state index contributed by atoms with van der Waals surface area (Å²) in [6.07, 6.45) is 1.47. The molecule has 0 aliphatic carbocycles. The maximum absolute atomic E-state index is 13.3. The molecule has 4 rings (SSSR count). The minimum Gasteiger partial charge on any atom is -0.481 e. The zero-order valence-electron chi connectivity index (χ0n) is 23.7. The topological polar surface area (TPSA) is 126 Å². The Morgan fingerprint density at radius 3 is 2.17 bits per heavy atom. The number of aliphatic carboxylic acids is 1. The van der Waals surface area contributed by atoms with E-state index in [4.69, 9.17) is 14.2 Å². The molecule has 0 saturated heterocycles. The van der Waals surface area contributed by atoms with E-state index in [2.05, 4.69) is 10.6 Å². The Hall–Kier alpha value is -4.73. The van der Waals surface area contributed by atoms with Gasteiger partial charge in [-0.25, -0.2) is 9.59 Å². The number of carboxylic acid groups (broad SMARTS) is 1. The highest BCUT2D eigenvalue weighted by molar-refractivity contribution is 5.76. The number of unbranched alkanes of at least 4 members (excludes halogenated alkanes) is 1. The minimum absolute atomic E-state index is 0.0278. The molecule has 2 atom stereocenters. The Labute approximate surface area is 245 Å². The highest BCUT2D eigenvalue weighted by atomic mass is 16.7. The van der Waals surface area contributed by atoms with Crippen molar-refractivity contribution in [2.75, 3.05) is 13.4 Å². The van der Waals surface area contributed by atoms with Crippen LogP contribution in [0.4, 0.5) is 9.59 Å². The second kappa shape index (κ2) is 15.3. The van der Waals surface area contributed by atoms with Gasteiger partial charge in [0.2, 0.25) is 6.79 Å². The lowest BCUT2D eigenvalue weighted by Crippen LogP contribution is -2.46. The molecule has 0 bridgehead atoms. The van der Waals surface area contributed by atoms with Crippen LogP contribution >= 0.6 is 0 Å². The third kappa shape index (κ3) is 9.15. The second-order valence-corrected chi connectivity index (χ2v) is 10.1. The van der Waals surface area contributed by atoms with Gasteiger partial charge in [0.1, 0.15) is 6.61 Å². The van der Waals surface area contributed by atoms with Crippen LogP contribution in [0.5, 0.6) is 11.5 Å². The molecule has 0 fully saturated rings. The van der Waals surface area contributed by atoms with Crippen molar-refractivity contribution in [2.24, 2.45) is 0 Å². The molecule has 0 unspecified atom stereocenters. The molecule has 10 nitrogen and oxygen atoms in total. The molecule has 3 N–H and O–H groups in total. The molecule has 3 aromatic carbocycles. The van der Waals surface area contributed by atoms with Gasteiger partial charge in [-0.1, -0.05) is 86.5 Å². The summed E-state index contributed by atoms with van der Waals surface area (Å²) in [6, 6.07) is 22.6. The molecule has 0 radical (unpaired) electrons. The van der Waals surface area contributed by atoms with Gasteiger partial charge in [-0.15, -0.1) is 0 Å². The fraction of sp³-hybridized carbons (Fsp3) is 0.344. The number of hydrogen-bond acceptors (Lipinski definition) is 6. The number of amides is 3. The zero-order chi connectivity index (χ0) is 29.7. The quantitative estimate of drug-likeness (QED) is 0.227. The molecule has 0 aromatic heterocycles. The molecule has 1 heterocycles. The molecule has 1 aliphatic heterocycles. The van der Waals surface area contributed by atoms with Crippen LogP contribution in [0.15, 0.2) is 78.9 Å². The lowest BCUT2D eigenvalue weighted by Gasteiger charge is -2.25. The first kappa shape index (κ1) is 30.2. The number of ether oxygens (including phenoxy) is 3. The number of nitrogens with zero attached hydrogens (tertiary/aromatic N) is 1. The SMILES string of the molecule is CCCC[C@@H](COC(=O)N(Cc1ccccc1)Cc1ccccc1)NC(=O)N[C@@H](CC(=O)O)c1ccc2c(c1)OCO2. The molecular formula is C32H37N3O7. The number of carbonyl (C=O) groups is 3. The number of rotatable bonds is 14. The normalized spacial score (nSPS) is 13.1. The first-order valence-electron chi connectivity index (χ1n) is 14.1. The van der Waals surface area contributed by atoms with Crippen molar-refractivity contribution in [1.82, 2.24) is 15.5 Å². The molecule has 3 amide bonds. The molecule has 3 aromatic rings. The van der Waals surface area contributed by atoms with Crippen molar-refractivity contribution in [3.8, 4) is 11.5 Å². The Morgan fingerprint density at radius 2 is 1.55 bits per heavy atom. The van der Waals surface area contributed by atoms with E-state index >= 15 is 0 Å². The molecule has 0 saturated carbocycles. The van der Waals surface area contributed by atoms with Gasteiger partial charge in [0.15, 0.2) is 11.5 Å².